The van der Waals surface area contributed by atoms with Gasteiger partial charge in [-0.2, -0.15) is 0 Å². The zero-order valence-corrected chi connectivity index (χ0v) is 27.4. The van der Waals surface area contributed by atoms with Gasteiger partial charge in [0.05, 0.1) is 11.9 Å². The summed E-state index contributed by atoms with van der Waals surface area (Å²) in [4.78, 5) is 43.2. The lowest BCUT2D eigenvalue weighted by Gasteiger charge is -2.20. The van der Waals surface area contributed by atoms with Crippen molar-refractivity contribution in [2.45, 2.75) is 59.7 Å². The number of carbonyl (C=O) groups excluding carboxylic acids is 2. The van der Waals surface area contributed by atoms with Crippen LogP contribution in [0.5, 0.6) is 0 Å². The average Bonchev–Trinajstić information content (AvgIpc) is 3.05. The molecule has 1 unspecified atom stereocenters. The second kappa shape index (κ2) is 16.2. The molecule has 0 bridgehead atoms. The summed E-state index contributed by atoms with van der Waals surface area (Å²) in [5.74, 6) is -0.502. The molecule has 0 saturated carbocycles. The summed E-state index contributed by atoms with van der Waals surface area (Å²) in [5, 5.41) is 29.8. The molecule has 3 aromatic carbocycles. The van der Waals surface area contributed by atoms with E-state index in [-0.39, 0.29) is 43.3 Å². The number of benzene rings is 3. The monoisotopic (exact) mass is 654 g/mol. The van der Waals surface area contributed by atoms with Crippen LogP contribution in [0.4, 0.5) is 22.0 Å². The molecule has 1 atom stereocenters. The SMILES string of the molecule is CC(C)Nc1ncc(-c2cc(N)cc(NC(O)C(C)C)c2)n(CC(=O)NCc2ccc(C(=N)NC(=O)OCc3ccccc3)cc2)c1=O. The van der Waals surface area contributed by atoms with Gasteiger partial charge in [-0.15, -0.1) is 0 Å². The number of ether oxygens (including phenoxy) is 1. The molecule has 1 heterocycles. The highest BCUT2D eigenvalue weighted by Gasteiger charge is 2.18. The number of hydrogen-bond donors (Lipinski definition) is 7. The van der Waals surface area contributed by atoms with Gasteiger partial charge in [-0.25, -0.2) is 9.78 Å². The van der Waals surface area contributed by atoms with Gasteiger partial charge in [0.25, 0.3) is 5.56 Å². The number of hydrogen-bond acceptors (Lipinski definition) is 10. The lowest BCUT2D eigenvalue weighted by Crippen LogP contribution is -2.35. The van der Waals surface area contributed by atoms with Crippen LogP contribution >= 0.6 is 0 Å². The number of aliphatic hydroxyl groups excluding tert-OH is 1. The Morgan fingerprint density at radius 1 is 0.979 bits per heavy atom. The molecule has 4 rings (SSSR count). The number of nitrogens with two attached hydrogens (primary N) is 1. The molecule has 0 spiro atoms. The van der Waals surface area contributed by atoms with Crippen LogP contribution in [0.25, 0.3) is 11.3 Å². The van der Waals surface area contributed by atoms with Crippen molar-refractivity contribution in [3.8, 4) is 11.3 Å². The maximum atomic E-state index is 13.5. The Labute approximate surface area is 279 Å². The van der Waals surface area contributed by atoms with Gasteiger partial charge in [-0.3, -0.25) is 24.9 Å². The molecule has 0 saturated heterocycles. The molecule has 4 aromatic rings. The van der Waals surface area contributed by atoms with Gasteiger partial charge in [-0.05, 0) is 49.1 Å². The molecule has 8 N–H and O–H groups in total. The van der Waals surface area contributed by atoms with E-state index in [4.69, 9.17) is 15.9 Å². The maximum absolute atomic E-state index is 13.5. The highest BCUT2D eigenvalue weighted by Crippen LogP contribution is 2.26. The first-order valence-electron chi connectivity index (χ1n) is 15.5. The molecule has 13 nitrogen and oxygen atoms in total. The van der Waals surface area contributed by atoms with Crippen molar-refractivity contribution in [2.24, 2.45) is 5.92 Å². The van der Waals surface area contributed by atoms with Crippen LogP contribution in [0.2, 0.25) is 0 Å². The van der Waals surface area contributed by atoms with Gasteiger partial charge >= 0.3 is 6.09 Å². The smallest absolute Gasteiger partial charge is 0.413 e. The van der Waals surface area contributed by atoms with E-state index in [1.165, 1.54) is 10.8 Å². The quantitative estimate of drug-likeness (QED) is 0.0477. The highest BCUT2D eigenvalue weighted by atomic mass is 16.5. The van der Waals surface area contributed by atoms with Crippen LogP contribution in [-0.2, 0) is 29.2 Å². The third-order valence-corrected chi connectivity index (χ3v) is 7.15. The highest BCUT2D eigenvalue weighted by molar-refractivity contribution is 6.04. The van der Waals surface area contributed by atoms with E-state index in [9.17, 15) is 19.5 Å². The van der Waals surface area contributed by atoms with E-state index in [0.29, 0.717) is 28.2 Å². The molecule has 0 radical (unpaired) electrons. The lowest BCUT2D eigenvalue weighted by atomic mass is 10.1. The number of carbonyl (C=O) groups is 2. The van der Waals surface area contributed by atoms with Crippen LogP contribution in [0.15, 0.2) is 83.8 Å². The minimum atomic E-state index is -0.819. The Morgan fingerprint density at radius 3 is 2.35 bits per heavy atom. The molecule has 252 valence electrons. The number of nitrogens with zero attached hydrogens (tertiary/aromatic N) is 2. The predicted molar refractivity (Wildman–Crippen MR) is 186 cm³/mol. The molecule has 48 heavy (non-hydrogen) atoms. The molecule has 0 aliphatic heterocycles. The molecule has 1 aromatic heterocycles. The standard InChI is InChI=1S/C35H42N8O5/c1-21(2)33(45)41-28-15-26(14-27(36)16-28)29-18-39-32(40-22(3)4)34(46)43(29)19-30(44)38-17-23-10-12-25(13-11-23)31(37)42-35(47)48-20-24-8-6-5-7-9-24/h5-16,18,21-22,33,41,45H,17,19-20,36H2,1-4H3,(H,38,44)(H,39,40)(H2,37,42,47). The Balaban J connectivity index is 1.44. The van der Waals surface area contributed by atoms with E-state index in [1.807, 2.05) is 58.0 Å². The van der Waals surface area contributed by atoms with Crippen LogP contribution in [0.3, 0.4) is 0 Å². The van der Waals surface area contributed by atoms with Crippen molar-refractivity contribution in [3.63, 3.8) is 0 Å². The first-order valence-corrected chi connectivity index (χ1v) is 15.5. The number of rotatable bonds is 13. The third-order valence-electron chi connectivity index (χ3n) is 7.15. The Kier molecular flexibility index (Phi) is 11.9. The minimum absolute atomic E-state index is 0.0613. The summed E-state index contributed by atoms with van der Waals surface area (Å²) in [6.45, 7) is 7.44. The summed E-state index contributed by atoms with van der Waals surface area (Å²) in [5.41, 5.74) is 9.58. The van der Waals surface area contributed by atoms with Crippen molar-refractivity contribution in [1.82, 2.24) is 20.2 Å². The molecule has 2 amide bonds. The molecule has 13 heteroatoms. The fraction of sp³-hybridized carbons (Fsp3) is 0.286. The summed E-state index contributed by atoms with van der Waals surface area (Å²) in [7, 11) is 0. The van der Waals surface area contributed by atoms with Crippen molar-refractivity contribution in [1.29, 1.82) is 5.41 Å². The number of aromatic nitrogens is 2. The molecule has 0 aliphatic rings. The Bertz CT molecular complexity index is 1790. The number of amides is 2. The number of alkyl carbamates (subject to hydrolysis) is 1. The van der Waals surface area contributed by atoms with Gasteiger partial charge in [0, 0.05) is 35.1 Å². The molecule has 0 aliphatic carbocycles. The second-order valence-electron chi connectivity index (χ2n) is 11.9. The van der Waals surface area contributed by atoms with Crippen molar-refractivity contribution >= 4 is 35.0 Å². The first kappa shape index (κ1) is 35.2. The summed E-state index contributed by atoms with van der Waals surface area (Å²) in [6.07, 6.45) is -0.0482. The van der Waals surface area contributed by atoms with Crippen molar-refractivity contribution in [3.05, 3.63) is 106 Å². The Morgan fingerprint density at radius 2 is 1.69 bits per heavy atom. The second-order valence-corrected chi connectivity index (χ2v) is 11.9. The van der Waals surface area contributed by atoms with Crippen molar-refractivity contribution < 1.29 is 19.4 Å². The number of amidine groups is 1. The fourth-order valence-electron chi connectivity index (χ4n) is 4.59. The fourth-order valence-corrected chi connectivity index (χ4v) is 4.59. The van der Waals surface area contributed by atoms with Crippen LogP contribution < -0.4 is 32.6 Å². The van der Waals surface area contributed by atoms with E-state index >= 15 is 0 Å². The van der Waals surface area contributed by atoms with Crippen LogP contribution in [-0.4, -0.2) is 44.8 Å². The topological polar surface area (TPSA) is 196 Å². The average molecular weight is 655 g/mol. The zero-order valence-electron chi connectivity index (χ0n) is 27.4. The Hall–Kier alpha value is -5.69. The number of nitrogen functional groups attached to an aromatic ring is 1. The molecule has 0 fully saturated rings. The number of aliphatic hydroxyl groups is 1. The first-order chi connectivity index (χ1) is 22.9. The van der Waals surface area contributed by atoms with Gasteiger partial charge in [-0.1, -0.05) is 68.4 Å². The summed E-state index contributed by atoms with van der Waals surface area (Å²) >= 11 is 0. The largest absolute Gasteiger partial charge is 0.444 e. The van der Waals surface area contributed by atoms with Crippen LogP contribution in [0, 0.1) is 11.3 Å². The van der Waals surface area contributed by atoms with Gasteiger partial charge in [0.1, 0.15) is 25.2 Å². The summed E-state index contributed by atoms with van der Waals surface area (Å²) < 4.78 is 6.50. The maximum Gasteiger partial charge on any atom is 0.413 e. The van der Waals surface area contributed by atoms with Gasteiger partial charge in [0.15, 0.2) is 5.82 Å². The predicted octanol–water partition coefficient (Wildman–Crippen LogP) is 4.27. The minimum Gasteiger partial charge on any atom is -0.444 e. The zero-order chi connectivity index (χ0) is 34.8. The van der Waals surface area contributed by atoms with E-state index in [0.717, 1.165) is 11.1 Å². The van der Waals surface area contributed by atoms with E-state index in [1.54, 1.807) is 42.5 Å². The molecular formula is C35H42N8O5. The van der Waals surface area contributed by atoms with Crippen LogP contribution in [0.1, 0.15) is 44.4 Å². The normalized spacial score (nSPS) is 11.6. The lowest BCUT2D eigenvalue weighted by molar-refractivity contribution is -0.121. The number of anilines is 3. The molecular weight excluding hydrogens is 612 g/mol. The van der Waals surface area contributed by atoms with Gasteiger partial charge in [0.2, 0.25) is 5.91 Å². The summed E-state index contributed by atoms with van der Waals surface area (Å²) in [6, 6.07) is 21.0. The van der Waals surface area contributed by atoms with Crippen molar-refractivity contribution in [2.75, 3.05) is 16.4 Å². The van der Waals surface area contributed by atoms with E-state index < -0.39 is 23.8 Å². The third kappa shape index (κ3) is 9.90. The van der Waals surface area contributed by atoms with E-state index in [2.05, 4.69) is 26.3 Å². The number of nitrogens with one attached hydrogen (secondary N) is 5. The van der Waals surface area contributed by atoms with Gasteiger partial charge < -0.3 is 31.5 Å².